The first-order valence-electron chi connectivity index (χ1n) is 8.06. The minimum absolute atomic E-state index is 0.247. The van der Waals surface area contributed by atoms with E-state index >= 15 is 0 Å². The quantitative estimate of drug-likeness (QED) is 0.698. The van der Waals surface area contributed by atoms with Crippen molar-refractivity contribution in [2.45, 2.75) is 0 Å². The molecule has 0 atom stereocenters. The molecule has 0 fully saturated rings. The molecule has 3 aromatic carbocycles. The number of nitrogens with one attached hydrogen (secondary N) is 1. The van der Waals surface area contributed by atoms with E-state index in [4.69, 9.17) is 14.2 Å². The molecule has 5 heteroatoms. The summed E-state index contributed by atoms with van der Waals surface area (Å²) in [4.78, 5) is 12.5. The van der Waals surface area contributed by atoms with Crippen molar-refractivity contribution in [2.75, 3.05) is 19.5 Å². The Bertz CT molecular complexity index is 876. The number of benzene rings is 3. The summed E-state index contributed by atoms with van der Waals surface area (Å²) in [6.45, 7) is 0. The molecular formula is C21H19NO4. The van der Waals surface area contributed by atoms with Gasteiger partial charge in [-0.25, -0.2) is 0 Å². The highest BCUT2D eigenvalue weighted by Gasteiger charge is 2.11. The number of rotatable bonds is 6. The standard InChI is InChI=1S/C21H19NO4/c1-24-18-12-13-20(25-2)19(14-18)22-21(23)15-8-10-17(11-9-15)26-16-6-4-3-5-7-16/h3-14H,1-2H3,(H,22,23). The van der Waals surface area contributed by atoms with Crippen molar-refractivity contribution in [3.05, 3.63) is 78.4 Å². The van der Waals surface area contributed by atoms with Gasteiger partial charge >= 0.3 is 0 Å². The lowest BCUT2D eigenvalue weighted by atomic mass is 10.2. The summed E-state index contributed by atoms with van der Waals surface area (Å²) in [5, 5.41) is 2.84. The van der Waals surface area contributed by atoms with Gasteiger partial charge in [-0.2, -0.15) is 0 Å². The number of hydrogen-bond acceptors (Lipinski definition) is 4. The van der Waals surface area contributed by atoms with E-state index < -0.39 is 0 Å². The van der Waals surface area contributed by atoms with Crippen LogP contribution in [0.4, 0.5) is 5.69 Å². The van der Waals surface area contributed by atoms with E-state index in [-0.39, 0.29) is 5.91 Å². The molecule has 3 rings (SSSR count). The Morgan fingerprint density at radius 2 is 1.42 bits per heavy atom. The molecule has 0 spiro atoms. The van der Waals surface area contributed by atoms with Gasteiger partial charge in [0.25, 0.3) is 5.91 Å². The van der Waals surface area contributed by atoms with Crippen molar-refractivity contribution in [1.82, 2.24) is 0 Å². The van der Waals surface area contributed by atoms with E-state index in [0.29, 0.717) is 28.5 Å². The predicted octanol–water partition coefficient (Wildman–Crippen LogP) is 4.75. The van der Waals surface area contributed by atoms with Crippen LogP contribution >= 0.6 is 0 Å². The Kier molecular flexibility index (Phi) is 5.39. The molecule has 1 amide bonds. The number of amides is 1. The molecule has 132 valence electrons. The Morgan fingerprint density at radius 3 is 2.08 bits per heavy atom. The Hall–Kier alpha value is -3.47. The first-order valence-corrected chi connectivity index (χ1v) is 8.06. The fraction of sp³-hybridized carbons (Fsp3) is 0.0952. The van der Waals surface area contributed by atoms with Crippen LogP contribution in [0.3, 0.4) is 0 Å². The van der Waals surface area contributed by atoms with Crippen molar-refractivity contribution in [3.8, 4) is 23.0 Å². The van der Waals surface area contributed by atoms with Crippen LogP contribution in [0.15, 0.2) is 72.8 Å². The summed E-state index contributed by atoms with van der Waals surface area (Å²) < 4.78 is 16.2. The number of anilines is 1. The van der Waals surface area contributed by atoms with Crippen LogP contribution in [0.2, 0.25) is 0 Å². The lowest BCUT2D eigenvalue weighted by molar-refractivity contribution is 0.102. The topological polar surface area (TPSA) is 56.8 Å². The molecule has 0 bridgehead atoms. The smallest absolute Gasteiger partial charge is 0.255 e. The van der Waals surface area contributed by atoms with Gasteiger partial charge in [-0.3, -0.25) is 4.79 Å². The van der Waals surface area contributed by atoms with Crippen molar-refractivity contribution < 1.29 is 19.0 Å². The van der Waals surface area contributed by atoms with Gasteiger partial charge < -0.3 is 19.5 Å². The van der Waals surface area contributed by atoms with Crippen LogP contribution in [0.1, 0.15) is 10.4 Å². The Balaban J connectivity index is 1.72. The number of hydrogen-bond donors (Lipinski definition) is 1. The number of para-hydroxylation sites is 1. The normalized spacial score (nSPS) is 10.1. The molecule has 0 heterocycles. The molecule has 0 aliphatic rings. The summed E-state index contributed by atoms with van der Waals surface area (Å²) in [5.74, 6) is 2.34. The van der Waals surface area contributed by atoms with Gasteiger partial charge in [-0.1, -0.05) is 18.2 Å². The lowest BCUT2D eigenvalue weighted by Gasteiger charge is -2.12. The van der Waals surface area contributed by atoms with E-state index in [9.17, 15) is 4.79 Å². The lowest BCUT2D eigenvalue weighted by Crippen LogP contribution is -2.12. The van der Waals surface area contributed by atoms with Gasteiger partial charge in [0.2, 0.25) is 0 Å². The van der Waals surface area contributed by atoms with Gasteiger partial charge in [0.15, 0.2) is 0 Å². The third kappa shape index (κ3) is 4.13. The molecule has 5 nitrogen and oxygen atoms in total. The largest absolute Gasteiger partial charge is 0.497 e. The molecule has 0 saturated heterocycles. The summed E-state index contributed by atoms with van der Waals surface area (Å²) in [6, 6.07) is 21.6. The van der Waals surface area contributed by atoms with E-state index in [1.54, 1.807) is 56.7 Å². The van der Waals surface area contributed by atoms with E-state index in [1.807, 2.05) is 30.3 Å². The fourth-order valence-corrected chi connectivity index (χ4v) is 2.41. The summed E-state index contributed by atoms with van der Waals surface area (Å²) >= 11 is 0. The van der Waals surface area contributed by atoms with Crippen molar-refractivity contribution in [2.24, 2.45) is 0 Å². The fourth-order valence-electron chi connectivity index (χ4n) is 2.41. The van der Waals surface area contributed by atoms with Gasteiger partial charge in [0.05, 0.1) is 19.9 Å². The summed E-state index contributed by atoms with van der Waals surface area (Å²) in [7, 11) is 3.12. The van der Waals surface area contributed by atoms with E-state index in [1.165, 1.54) is 0 Å². The molecule has 0 unspecified atom stereocenters. The molecule has 0 aliphatic heterocycles. The highest BCUT2D eigenvalue weighted by atomic mass is 16.5. The van der Waals surface area contributed by atoms with Crippen LogP contribution < -0.4 is 19.5 Å². The average molecular weight is 349 g/mol. The van der Waals surface area contributed by atoms with Gasteiger partial charge in [0, 0.05) is 11.6 Å². The number of methoxy groups -OCH3 is 2. The summed E-state index contributed by atoms with van der Waals surface area (Å²) in [5.41, 5.74) is 1.05. The molecule has 26 heavy (non-hydrogen) atoms. The highest BCUT2D eigenvalue weighted by Crippen LogP contribution is 2.29. The SMILES string of the molecule is COc1ccc(OC)c(NC(=O)c2ccc(Oc3ccccc3)cc2)c1. The van der Waals surface area contributed by atoms with Crippen molar-refractivity contribution >= 4 is 11.6 Å². The first kappa shape index (κ1) is 17.4. The van der Waals surface area contributed by atoms with Crippen LogP contribution in [0.5, 0.6) is 23.0 Å². The second-order valence-corrected chi connectivity index (χ2v) is 5.46. The minimum atomic E-state index is -0.247. The van der Waals surface area contributed by atoms with Crippen molar-refractivity contribution in [3.63, 3.8) is 0 Å². The number of carbonyl (C=O) groups excluding carboxylic acids is 1. The Labute approximate surface area is 152 Å². The monoisotopic (exact) mass is 349 g/mol. The van der Waals surface area contributed by atoms with Gasteiger partial charge in [-0.15, -0.1) is 0 Å². The molecular weight excluding hydrogens is 330 g/mol. The molecule has 3 aromatic rings. The predicted molar refractivity (Wildman–Crippen MR) is 100 cm³/mol. The highest BCUT2D eigenvalue weighted by molar-refractivity contribution is 6.05. The summed E-state index contributed by atoms with van der Waals surface area (Å²) in [6.07, 6.45) is 0. The van der Waals surface area contributed by atoms with Crippen LogP contribution in [0.25, 0.3) is 0 Å². The molecule has 0 aliphatic carbocycles. The second kappa shape index (κ2) is 8.07. The maximum absolute atomic E-state index is 12.5. The molecule has 0 saturated carbocycles. The third-order valence-electron chi connectivity index (χ3n) is 3.75. The average Bonchev–Trinajstić information content (AvgIpc) is 2.69. The molecule has 1 N–H and O–H groups in total. The zero-order valence-corrected chi connectivity index (χ0v) is 14.6. The van der Waals surface area contributed by atoms with Crippen molar-refractivity contribution in [1.29, 1.82) is 0 Å². The maximum atomic E-state index is 12.5. The van der Waals surface area contributed by atoms with Crippen LogP contribution in [-0.4, -0.2) is 20.1 Å². The molecule has 0 aromatic heterocycles. The maximum Gasteiger partial charge on any atom is 0.255 e. The zero-order valence-electron chi connectivity index (χ0n) is 14.6. The first-order chi connectivity index (χ1) is 12.7. The van der Waals surface area contributed by atoms with Crippen LogP contribution in [0, 0.1) is 0 Å². The van der Waals surface area contributed by atoms with E-state index in [2.05, 4.69) is 5.32 Å². The number of carbonyl (C=O) groups is 1. The van der Waals surface area contributed by atoms with Gasteiger partial charge in [-0.05, 0) is 48.5 Å². The number of ether oxygens (including phenoxy) is 3. The van der Waals surface area contributed by atoms with Crippen LogP contribution in [-0.2, 0) is 0 Å². The second-order valence-electron chi connectivity index (χ2n) is 5.46. The third-order valence-corrected chi connectivity index (χ3v) is 3.75. The zero-order chi connectivity index (χ0) is 18.4. The molecule has 0 radical (unpaired) electrons. The minimum Gasteiger partial charge on any atom is -0.497 e. The van der Waals surface area contributed by atoms with Gasteiger partial charge in [0.1, 0.15) is 23.0 Å². The van der Waals surface area contributed by atoms with E-state index in [0.717, 1.165) is 5.75 Å². The Morgan fingerprint density at radius 1 is 0.769 bits per heavy atom.